The Balaban J connectivity index is 0. The SMILES string of the molecule is O=C(O)CC(=O)O.[CH3][Tl][C](C)(C)C. The molecule has 0 spiro atoms. The van der Waals surface area contributed by atoms with E-state index < -0.39 is 18.4 Å². The summed E-state index contributed by atoms with van der Waals surface area (Å²) in [6.07, 6.45) is -0.806. The predicted octanol–water partition coefficient (Wildman–Crippen LogP) is 1.50. The zero-order valence-corrected chi connectivity index (χ0v) is 13.0. The van der Waals surface area contributed by atoms with Crippen LogP contribution in [0.1, 0.15) is 27.2 Å². The first-order valence-corrected chi connectivity index (χ1v) is 10.7. The monoisotopic (exact) mass is 381 g/mol. The van der Waals surface area contributed by atoms with Crippen molar-refractivity contribution in [3.05, 3.63) is 0 Å². The fraction of sp³-hybridized carbons (Fsp3) is 0.750. The second-order valence-electron chi connectivity index (χ2n) is 3.62. The van der Waals surface area contributed by atoms with Crippen molar-refractivity contribution in [2.75, 3.05) is 0 Å². The van der Waals surface area contributed by atoms with Gasteiger partial charge in [-0.15, -0.1) is 0 Å². The fourth-order valence-electron chi connectivity index (χ4n) is 0.129. The number of carboxylic acid groups (broad SMARTS) is 2. The molecule has 0 aromatic rings. The molecule has 2 N–H and O–H groups in total. The standard InChI is InChI=1S/C4H9.C3H4O4.CH3.Tl/c1-4(2)3;4-2(5)1-3(6)7;;/h1-3H3;1H2,(H,4,5)(H,6,7);1H3;. The van der Waals surface area contributed by atoms with E-state index in [9.17, 15) is 9.59 Å². The minimum absolute atomic E-state index is 0.257. The fourth-order valence-corrected chi connectivity index (χ4v) is 0.129. The summed E-state index contributed by atoms with van der Waals surface area (Å²) in [6.45, 7) is 7.01. The first-order valence-electron chi connectivity index (χ1n) is 3.93. The molecule has 0 saturated carbocycles. The molecule has 0 heterocycles. The second kappa shape index (κ2) is 7.28. The van der Waals surface area contributed by atoms with Crippen molar-refractivity contribution >= 4 is 36.2 Å². The van der Waals surface area contributed by atoms with E-state index in [2.05, 4.69) is 25.3 Å². The molecule has 0 aliphatic carbocycles. The Bertz CT molecular complexity index is 159. The van der Waals surface area contributed by atoms with Gasteiger partial charge in [0.15, 0.2) is 0 Å². The van der Waals surface area contributed by atoms with Crippen LogP contribution in [0.4, 0.5) is 0 Å². The average molecular weight is 381 g/mol. The molecule has 4 nitrogen and oxygen atoms in total. The molecule has 0 saturated heterocycles. The molecule has 0 bridgehead atoms. The molecule has 0 rings (SSSR count). The van der Waals surface area contributed by atoms with Gasteiger partial charge in [-0.05, 0) is 0 Å². The first-order chi connectivity index (χ1) is 5.69. The third-order valence-electron chi connectivity index (χ3n) is 1.17. The van der Waals surface area contributed by atoms with Crippen LogP contribution in [0.15, 0.2) is 0 Å². The van der Waals surface area contributed by atoms with Crippen molar-refractivity contribution in [3.8, 4) is 0 Å². The molecular formula is C8H16O4Tl. The van der Waals surface area contributed by atoms with Crippen molar-refractivity contribution < 1.29 is 19.8 Å². The summed E-state index contributed by atoms with van der Waals surface area (Å²) >= 11 is -0.257. The topological polar surface area (TPSA) is 74.6 Å². The van der Waals surface area contributed by atoms with E-state index in [1.54, 1.807) is 0 Å². The number of hydrogen-bond acceptors (Lipinski definition) is 2. The zero-order chi connectivity index (χ0) is 11.1. The molecule has 5 heteroatoms. The van der Waals surface area contributed by atoms with Crippen molar-refractivity contribution in [1.29, 1.82) is 0 Å². The van der Waals surface area contributed by atoms with Gasteiger partial charge in [-0.25, -0.2) is 0 Å². The van der Waals surface area contributed by atoms with E-state index in [1.807, 2.05) is 0 Å². The third-order valence-corrected chi connectivity index (χ3v) is 7.90. The van der Waals surface area contributed by atoms with Crippen LogP contribution in [0.3, 0.4) is 0 Å². The second-order valence-corrected chi connectivity index (χ2v) is 12.6. The summed E-state index contributed by atoms with van der Waals surface area (Å²) in [6, 6.07) is 0. The molecular weight excluding hydrogens is 364 g/mol. The molecule has 0 atom stereocenters. The van der Waals surface area contributed by atoms with Gasteiger partial charge in [0.05, 0.1) is 0 Å². The Hall–Kier alpha value is -0.138. The normalized spacial score (nSPS) is 9.23. The van der Waals surface area contributed by atoms with Crippen molar-refractivity contribution in [1.82, 2.24) is 0 Å². The summed E-state index contributed by atoms with van der Waals surface area (Å²) in [5.74, 6) is -2.62. The number of carbonyl (C=O) groups is 2. The predicted molar refractivity (Wildman–Crippen MR) is 51.2 cm³/mol. The zero-order valence-electron chi connectivity index (χ0n) is 8.50. The van der Waals surface area contributed by atoms with Crippen LogP contribution in [0.5, 0.6) is 0 Å². The van der Waals surface area contributed by atoms with Gasteiger partial charge in [0.2, 0.25) is 0 Å². The Labute approximate surface area is 90.5 Å². The van der Waals surface area contributed by atoms with E-state index in [0.717, 1.165) is 2.97 Å². The molecule has 13 heavy (non-hydrogen) atoms. The molecule has 0 unspecified atom stereocenters. The molecule has 0 aliphatic rings. The number of aliphatic carboxylic acids is 2. The Morgan fingerprint density at radius 2 is 1.38 bits per heavy atom. The van der Waals surface area contributed by atoms with Gasteiger partial charge in [-0.1, -0.05) is 0 Å². The van der Waals surface area contributed by atoms with Gasteiger partial charge < -0.3 is 10.2 Å². The van der Waals surface area contributed by atoms with Crippen LogP contribution in [0.25, 0.3) is 0 Å². The van der Waals surface area contributed by atoms with Crippen LogP contribution in [0, 0.1) is 0 Å². The molecule has 0 aromatic heterocycles. The van der Waals surface area contributed by atoms with Crippen LogP contribution in [-0.2, 0) is 9.59 Å². The Kier molecular flexibility index (Phi) is 8.59. The molecule has 0 aromatic carbocycles. The third kappa shape index (κ3) is 24.5. The van der Waals surface area contributed by atoms with Gasteiger partial charge in [0.25, 0.3) is 0 Å². The molecule has 0 fully saturated rings. The summed E-state index contributed by atoms with van der Waals surface area (Å²) in [7, 11) is 0. The quantitative estimate of drug-likeness (QED) is 0.562. The number of hydrogen-bond donors (Lipinski definition) is 2. The molecule has 0 aliphatic heterocycles. The van der Waals surface area contributed by atoms with Crippen LogP contribution >= 0.6 is 0 Å². The number of carboxylic acids is 2. The molecule has 75 valence electrons. The van der Waals surface area contributed by atoms with Gasteiger partial charge in [-0.3, -0.25) is 9.59 Å². The van der Waals surface area contributed by atoms with Gasteiger partial charge in [-0.2, -0.15) is 0 Å². The van der Waals surface area contributed by atoms with Crippen LogP contribution in [-0.4, -0.2) is 46.4 Å². The maximum absolute atomic E-state index is 9.43. The summed E-state index contributed by atoms with van der Waals surface area (Å²) in [4.78, 5) is 18.9. The van der Waals surface area contributed by atoms with Gasteiger partial charge in [0, 0.05) is 0 Å². The first kappa shape index (κ1) is 15.3. The van der Waals surface area contributed by atoms with E-state index in [4.69, 9.17) is 10.2 Å². The Morgan fingerprint density at radius 1 is 1.15 bits per heavy atom. The molecule has 0 radical (unpaired) electrons. The summed E-state index contributed by atoms with van der Waals surface area (Å²) in [5.41, 5.74) is 0. The van der Waals surface area contributed by atoms with E-state index in [1.165, 1.54) is 0 Å². The van der Waals surface area contributed by atoms with Crippen molar-refractivity contribution in [3.63, 3.8) is 0 Å². The van der Waals surface area contributed by atoms with E-state index >= 15 is 0 Å². The van der Waals surface area contributed by atoms with Crippen molar-refractivity contribution in [2.45, 2.75) is 34.6 Å². The average Bonchev–Trinajstić information content (AvgIpc) is 1.84. The van der Waals surface area contributed by atoms with E-state index in [-0.39, 0.29) is 24.2 Å². The summed E-state index contributed by atoms with van der Waals surface area (Å²) in [5, 5.41) is 15.4. The van der Waals surface area contributed by atoms with Gasteiger partial charge >= 0.3 is 64.4 Å². The molecule has 0 amide bonds. The van der Waals surface area contributed by atoms with Crippen molar-refractivity contribution in [2.24, 2.45) is 0 Å². The van der Waals surface area contributed by atoms with Crippen LogP contribution in [0.2, 0.25) is 7.46 Å². The summed E-state index contributed by atoms with van der Waals surface area (Å²) < 4.78 is 3.17. The maximum atomic E-state index is 9.43. The Morgan fingerprint density at radius 3 is 1.38 bits per heavy atom. The van der Waals surface area contributed by atoms with Crippen LogP contribution < -0.4 is 0 Å². The van der Waals surface area contributed by atoms with E-state index in [0.29, 0.717) is 0 Å². The number of rotatable bonds is 2. The minimum atomic E-state index is -1.31. The van der Waals surface area contributed by atoms with Gasteiger partial charge in [0.1, 0.15) is 6.42 Å².